The van der Waals surface area contributed by atoms with E-state index in [1.165, 1.54) is 0 Å². The lowest BCUT2D eigenvalue weighted by Gasteiger charge is -2.36. The number of piperazine rings is 1. The van der Waals surface area contributed by atoms with Gasteiger partial charge in [-0.05, 0) is 55.6 Å². The van der Waals surface area contributed by atoms with Gasteiger partial charge in [0.15, 0.2) is 5.82 Å². The molecule has 0 aliphatic carbocycles. The number of aryl methyl sites for hydroxylation is 1. The zero-order valence-electron chi connectivity index (χ0n) is 17.5. The van der Waals surface area contributed by atoms with Gasteiger partial charge >= 0.3 is 6.09 Å². The number of halogens is 2. The Morgan fingerprint density at radius 1 is 1.20 bits per heavy atom. The van der Waals surface area contributed by atoms with Crippen LogP contribution in [-0.4, -0.2) is 51.7 Å². The quantitative estimate of drug-likeness (QED) is 0.615. The van der Waals surface area contributed by atoms with E-state index in [1.807, 2.05) is 25.7 Å². The minimum Gasteiger partial charge on any atom is -0.444 e. The molecule has 160 valence electrons. The van der Waals surface area contributed by atoms with Crippen LogP contribution in [0.3, 0.4) is 0 Å². The third-order valence-electron chi connectivity index (χ3n) is 5.97. The molecule has 3 aliphatic rings. The van der Waals surface area contributed by atoms with Crippen molar-refractivity contribution in [1.82, 2.24) is 14.9 Å². The Kier molecular flexibility index (Phi) is 4.49. The molecule has 2 atom stereocenters. The lowest BCUT2D eigenvalue weighted by atomic mass is 10.0. The van der Waals surface area contributed by atoms with E-state index >= 15 is 4.39 Å². The summed E-state index contributed by atoms with van der Waals surface area (Å²) in [4.78, 5) is 25.7. The monoisotopic (exact) mass is 478 g/mol. The van der Waals surface area contributed by atoms with Crippen molar-refractivity contribution >= 4 is 38.7 Å². The molecule has 1 aromatic carbocycles. The van der Waals surface area contributed by atoms with Gasteiger partial charge in [0.1, 0.15) is 22.8 Å². The third kappa shape index (κ3) is 3.05. The largest absolute Gasteiger partial charge is 0.444 e. The Morgan fingerprint density at radius 2 is 1.93 bits per heavy atom. The zero-order valence-corrected chi connectivity index (χ0v) is 19.0. The first kappa shape index (κ1) is 19.9. The van der Waals surface area contributed by atoms with E-state index < -0.39 is 5.60 Å². The van der Waals surface area contributed by atoms with Gasteiger partial charge in [-0.3, -0.25) is 0 Å². The van der Waals surface area contributed by atoms with Crippen molar-refractivity contribution < 1.29 is 18.7 Å². The molecule has 30 heavy (non-hydrogen) atoms. The highest BCUT2D eigenvalue weighted by Gasteiger charge is 2.47. The second-order valence-corrected chi connectivity index (χ2v) is 10.0. The Balaban J connectivity index is 1.53. The second-order valence-electron chi connectivity index (χ2n) is 9.22. The van der Waals surface area contributed by atoms with Gasteiger partial charge in [-0.15, -0.1) is 0 Å². The van der Waals surface area contributed by atoms with E-state index in [9.17, 15) is 4.79 Å². The average Bonchev–Trinajstić information content (AvgIpc) is 3.38. The van der Waals surface area contributed by atoms with E-state index in [2.05, 4.69) is 25.8 Å². The van der Waals surface area contributed by atoms with Gasteiger partial charge in [0.25, 0.3) is 0 Å². The topological polar surface area (TPSA) is 67.8 Å². The maximum Gasteiger partial charge on any atom is 0.410 e. The predicted molar refractivity (Wildman–Crippen MR) is 113 cm³/mol. The van der Waals surface area contributed by atoms with Crippen LogP contribution >= 0.6 is 15.9 Å². The maximum atomic E-state index is 15.1. The summed E-state index contributed by atoms with van der Waals surface area (Å²) in [6.45, 7) is 9.39. The third-order valence-corrected chi connectivity index (χ3v) is 6.79. The number of aromatic nitrogens is 2. The molecule has 0 unspecified atom stereocenters. The zero-order chi connectivity index (χ0) is 21.4. The van der Waals surface area contributed by atoms with Gasteiger partial charge in [-0.25, -0.2) is 19.2 Å². The number of nitrogens with zero attached hydrogens (tertiary/aromatic N) is 4. The van der Waals surface area contributed by atoms with Crippen LogP contribution in [0, 0.1) is 12.7 Å². The number of anilines is 1. The van der Waals surface area contributed by atoms with Gasteiger partial charge in [-0.1, -0.05) is 0 Å². The molecule has 0 spiro atoms. The number of hydrogen-bond acceptors (Lipinski definition) is 6. The first-order valence-electron chi connectivity index (χ1n) is 10.1. The van der Waals surface area contributed by atoms with Crippen molar-refractivity contribution in [2.75, 3.05) is 18.0 Å². The Hall–Kier alpha value is -2.00. The van der Waals surface area contributed by atoms with Gasteiger partial charge in [0.2, 0.25) is 0 Å². The van der Waals surface area contributed by atoms with Crippen molar-refractivity contribution in [1.29, 1.82) is 0 Å². The molecule has 2 aromatic rings. The van der Waals surface area contributed by atoms with Crippen LogP contribution in [0.2, 0.25) is 0 Å². The highest BCUT2D eigenvalue weighted by atomic mass is 79.9. The van der Waals surface area contributed by atoms with Crippen molar-refractivity contribution in [3.8, 4) is 0 Å². The fraction of sp³-hybridized carbons (Fsp3) is 0.571. The van der Waals surface area contributed by atoms with Crippen LogP contribution in [-0.2, 0) is 22.7 Å². The van der Waals surface area contributed by atoms with E-state index in [1.54, 1.807) is 6.92 Å². The molecule has 0 N–H and O–H groups in total. The van der Waals surface area contributed by atoms with Crippen LogP contribution in [0.1, 0.15) is 44.1 Å². The number of carbonyl (C=O) groups excluding carboxylic acids is 1. The Labute approximate surface area is 182 Å². The molecule has 2 fully saturated rings. The molecular weight excluding hydrogens is 455 g/mol. The summed E-state index contributed by atoms with van der Waals surface area (Å²) in [6.07, 6.45) is 0.573. The number of amides is 1. The molecule has 3 aliphatic heterocycles. The number of fused-ring (bicyclic) bond motifs is 5. The van der Waals surface area contributed by atoms with Crippen LogP contribution in [0.15, 0.2) is 4.47 Å². The lowest BCUT2D eigenvalue weighted by Crippen LogP contribution is -2.50. The number of likely N-dealkylation sites (tertiary alicyclic amines) is 1. The predicted octanol–water partition coefficient (Wildman–Crippen LogP) is 4.07. The average molecular weight is 479 g/mol. The van der Waals surface area contributed by atoms with E-state index in [-0.39, 0.29) is 24.0 Å². The molecule has 9 heteroatoms. The summed E-state index contributed by atoms with van der Waals surface area (Å²) < 4.78 is 26.7. The summed E-state index contributed by atoms with van der Waals surface area (Å²) >= 11 is 3.38. The number of carbonyl (C=O) groups is 1. The smallest absolute Gasteiger partial charge is 0.410 e. The summed E-state index contributed by atoms with van der Waals surface area (Å²) in [5.41, 5.74) is 1.57. The molecule has 0 radical (unpaired) electrons. The second kappa shape index (κ2) is 6.75. The SMILES string of the molecule is Cc1nc(N2C[C@H]3C[C@@H]2CN3C(=O)OC(C)(C)C)c2c3c(c(Br)c(F)c2n1)COC3. The number of hydrogen-bond donors (Lipinski definition) is 0. The number of benzene rings is 1. The lowest BCUT2D eigenvalue weighted by molar-refractivity contribution is 0.0214. The molecule has 1 aromatic heterocycles. The van der Waals surface area contributed by atoms with Crippen molar-refractivity contribution in [2.45, 2.75) is 65.0 Å². The standard InChI is InChI=1S/C21H24BrFN4O3/c1-10-24-18-15(13-8-29-9-14(13)16(22)17(18)23)19(25-10)26-6-12-5-11(26)7-27(12)20(28)30-21(2,3)4/h11-12H,5-9H2,1-4H3/t11-,12-/m1/s1. The molecule has 2 bridgehead atoms. The van der Waals surface area contributed by atoms with Crippen LogP contribution in [0.25, 0.3) is 10.9 Å². The minimum atomic E-state index is -0.524. The highest BCUT2D eigenvalue weighted by Crippen LogP contribution is 2.43. The fourth-order valence-electron chi connectivity index (χ4n) is 4.76. The molecule has 4 heterocycles. The molecular formula is C21H24BrFN4O3. The molecule has 7 nitrogen and oxygen atoms in total. The summed E-state index contributed by atoms with van der Waals surface area (Å²) in [5, 5.41) is 0.727. The van der Waals surface area contributed by atoms with Crippen LogP contribution in [0.5, 0.6) is 0 Å². The number of rotatable bonds is 1. The van der Waals surface area contributed by atoms with Crippen molar-refractivity contribution in [3.63, 3.8) is 0 Å². The van der Waals surface area contributed by atoms with Gasteiger partial charge in [-0.2, -0.15) is 0 Å². The van der Waals surface area contributed by atoms with Gasteiger partial charge < -0.3 is 19.3 Å². The first-order chi connectivity index (χ1) is 14.1. The minimum absolute atomic E-state index is 0.0553. The summed E-state index contributed by atoms with van der Waals surface area (Å²) in [6, 6.07) is 0.171. The van der Waals surface area contributed by atoms with Crippen molar-refractivity contribution in [2.24, 2.45) is 0 Å². The molecule has 1 amide bonds. The highest BCUT2D eigenvalue weighted by molar-refractivity contribution is 9.10. The van der Waals surface area contributed by atoms with E-state index in [0.29, 0.717) is 42.1 Å². The van der Waals surface area contributed by atoms with Crippen LogP contribution in [0.4, 0.5) is 15.0 Å². The van der Waals surface area contributed by atoms with Gasteiger partial charge in [0.05, 0.1) is 35.2 Å². The molecule has 2 saturated heterocycles. The summed E-state index contributed by atoms with van der Waals surface area (Å²) in [5.74, 6) is 0.886. The van der Waals surface area contributed by atoms with E-state index in [4.69, 9.17) is 14.5 Å². The number of ether oxygens (including phenoxy) is 2. The molecule has 0 saturated carbocycles. The maximum absolute atomic E-state index is 15.1. The Bertz CT molecular complexity index is 1070. The summed E-state index contributed by atoms with van der Waals surface area (Å²) in [7, 11) is 0. The normalized spacial score (nSPS) is 22.9. The molecule has 5 rings (SSSR count). The fourth-order valence-corrected chi connectivity index (χ4v) is 5.30. The van der Waals surface area contributed by atoms with Gasteiger partial charge in [0, 0.05) is 18.7 Å². The van der Waals surface area contributed by atoms with Crippen LogP contribution < -0.4 is 4.90 Å². The first-order valence-corrected chi connectivity index (χ1v) is 10.9. The van der Waals surface area contributed by atoms with Crippen molar-refractivity contribution in [3.05, 3.63) is 27.2 Å². The Morgan fingerprint density at radius 3 is 2.60 bits per heavy atom. The van der Waals surface area contributed by atoms with E-state index in [0.717, 1.165) is 28.8 Å².